The van der Waals surface area contributed by atoms with Crippen LogP contribution in [-0.2, 0) is 6.42 Å². The maximum absolute atomic E-state index is 12.9. The maximum Gasteiger partial charge on any atom is 0.259 e. The number of benzene rings is 1. The normalized spacial score (nSPS) is 12.4. The summed E-state index contributed by atoms with van der Waals surface area (Å²) in [4.78, 5) is 23.9. The summed E-state index contributed by atoms with van der Waals surface area (Å²) in [6, 6.07) is 15.0. The van der Waals surface area contributed by atoms with Crippen molar-refractivity contribution in [2.75, 3.05) is 23.4 Å². The van der Waals surface area contributed by atoms with Crippen molar-refractivity contribution in [1.29, 1.82) is 0 Å². The Morgan fingerprint density at radius 1 is 1.09 bits per heavy atom. The molecule has 0 saturated heterocycles. The van der Waals surface area contributed by atoms with Gasteiger partial charge in [0.1, 0.15) is 11.6 Å². The highest BCUT2D eigenvalue weighted by Gasteiger charge is 2.26. The second-order valence-corrected chi connectivity index (χ2v) is 8.32. The molecular weight excluding hydrogens is 442 g/mol. The van der Waals surface area contributed by atoms with Gasteiger partial charge >= 0.3 is 0 Å². The fourth-order valence-electron chi connectivity index (χ4n) is 4.21. The summed E-state index contributed by atoms with van der Waals surface area (Å²) in [5.41, 5.74) is 4.88. The Morgan fingerprint density at radius 2 is 1.97 bits per heavy atom. The third-order valence-electron chi connectivity index (χ3n) is 5.96. The second-order valence-electron chi connectivity index (χ2n) is 8.32. The zero-order valence-corrected chi connectivity index (χ0v) is 19.6. The number of aromatic nitrogens is 3. The van der Waals surface area contributed by atoms with E-state index in [0.29, 0.717) is 42.5 Å². The monoisotopic (exact) mass is 467 g/mol. The lowest BCUT2D eigenvalue weighted by Crippen LogP contribution is -2.23. The van der Waals surface area contributed by atoms with Crippen LogP contribution in [0.5, 0.6) is 5.75 Å². The Morgan fingerprint density at radius 3 is 2.77 bits per heavy atom. The van der Waals surface area contributed by atoms with Gasteiger partial charge in [-0.2, -0.15) is 4.73 Å². The number of nitrogens with one attached hydrogen (secondary N) is 1. The van der Waals surface area contributed by atoms with E-state index >= 15 is 0 Å². The second kappa shape index (κ2) is 9.42. The number of ether oxygens (including phenoxy) is 1. The molecule has 35 heavy (non-hydrogen) atoms. The third kappa shape index (κ3) is 4.50. The lowest BCUT2D eigenvalue weighted by molar-refractivity contribution is -0.604. The Labute approximate surface area is 203 Å². The first kappa shape index (κ1) is 22.3. The Hall–Kier alpha value is -4.46. The molecule has 176 valence electrons. The highest BCUT2D eigenvalue weighted by Crippen LogP contribution is 2.35. The van der Waals surface area contributed by atoms with E-state index in [4.69, 9.17) is 4.74 Å². The van der Waals surface area contributed by atoms with Crippen LogP contribution in [-0.4, -0.2) is 29.0 Å². The van der Waals surface area contributed by atoms with E-state index < -0.39 is 0 Å². The average molecular weight is 468 g/mol. The molecular formula is C27H25N5O3. The molecule has 1 aliphatic rings. The van der Waals surface area contributed by atoms with E-state index in [1.807, 2.05) is 55.1 Å². The quantitative estimate of drug-likeness (QED) is 0.333. The molecule has 0 aliphatic carbocycles. The van der Waals surface area contributed by atoms with Crippen molar-refractivity contribution >= 4 is 23.2 Å². The average Bonchev–Trinajstić information content (AvgIpc) is 2.98. The number of nitrogens with zero attached hydrogens (tertiary/aromatic N) is 4. The van der Waals surface area contributed by atoms with Crippen molar-refractivity contribution < 1.29 is 14.3 Å². The molecule has 5 rings (SSSR count). The van der Waals surface area contributed by atoms with Gasteiger partial charge in [0.25, 0.3) is 5.91 Å². The molecule has 4 heterocycles. The number of pyridine rings is 3. The smallest absolute Gasteiger partial charge is 0.259 e. The summed E-state index contributed by atoms with van der Waals surface area (Å²) in [6.45, 7) is 5.06. The molecule has 0 saturated carbocycles. The van der Waals surface area contributed by atoms with Crippen LogP contribution in [0, 0.1) is 12.1 Å². The molecule has 8 nitrogen and oxygen atoms in total. The van der Waals surface area contributed by atoms with Gasteiger partial charge < -0.3 is 20.2 Å². The minimum Gasteiger partial charge on any atom is -0.619 e. The number of hydrogen-bond donors (Lipinski definition) is 1. The topological polar surface area (TPSA) is 94.3 Å². The van der Waals surface area contributed by atoms with Crippen molar-refractivity contribution in [1.82, 2.24) is 9.97 Å². The van der Waals surface area contributed by atoms with Crippen molar-refractivity contribution in [3.05, 3.63) is 95.2 Å². The van der Waals surface area contributed by atoms with Gasteiger partial charge in [-0.05, 0) is 66.9 Å². The first-order valence-electron chi connectivity index (χ1n) is 11.5. The van der Waals surface area contributed by atoms with Gasteiger partial charge in [0.2, 0.25) is 0 Å². The third-order valence-corrected chi connectivity index (χ3v) is 5.96. The molecule has 8 heteroatoms. The van der Waals surface area contributed by atoms with Crippen LogP contribution >= 0.6 is 0 Å². The Bertz CT molecular complexity index is 1410. The SMILES string of the molecule is CCN1c2ncccc2NC(=O)c2cc(CCOc3ccc(-c4ccc[n+]([O-])c4)cc3C)cnc21. The fraction of sp³-hybridized carbons (Fsp3) is 0.185. The van der Waals surface area contributed by atoms with Crippen LogP contribution in [0.1, 0.15) is 28.4 Å². The number of carbonyl (C=O) groups excluding carboxylic acids is 1. The molecule has 0 bridgehead atoms. The van der Waals surface area contributed by atoms with Gasteiger partial charge in [-0.1, -0.05) is 6.07 Å². The Balaban J connectivity index is 1.30. The van der Waals surface area contributed by atoms with Crippen molar-refractivity contribution in [3.8, 4) is 16.9 Å². The number of fused-ring (bicyclic) bond motifs is 2. The van der Waals surface area contributed by atoms with E-state index in [9.17, 15) is 10.0 Å². The van der Waals surface area contributed by atoms with Crippen LogP contribution in [0.3, 0.4) is 0 Å². The molecule has 0 spiro atoms. The lowest BCUT2D eigenvalue weighted by atomic mass is 10.0. The number of rotatable bonds is 6. The lowest BCUT2D eigenvalue weighted by Gasteiger charge is -2.21. The van der Waals surface area contributed by atoms with E-state index in [1.54, 1.807) is 30.7 Å². The summed E-state index contributed by atoms with van der Waals surface area (Å²) in [6.07, 6.45) is 7.10. The number of amides is 1. The molecule has 0 atom stereocenters. The number of aryl methyl sites for hydroxylation is 1. The minimum absolute atomic E-state index is 0.202. The van der Waals surface area contributed by atoms with Crippen LogP contribution in [0.25, 0.3) is 11.1 Å². The highest BCUT2D eigenvalue weighted by atomic mass is 16.5. The first-order chi connectivity index (χ1) is 17.0. The van der Waals surface area contributed by atoms with E-state index in [1.165, 1.54) is 6.20 Å². The van der Waals surface area contributed by atoms with E-state index in [0.717, 1.165) is 32.7 Å². The van der Waals surface area contributed by atoms with Gasteiger partial charge in [-0.3, -0.25) is 4.79 Å². The fourth-order valence-corrected chi connectivity index (χ4v) is 4.21. The zero-order chi connectivity index (χ0) is 24.4. The molecule has 1 aliphatic heterocycles. The summed E-state index contributed by atoms with van der Waals surface area (Å²) in [5, 5.41) is 14.5. The summed E-state index contributed by atoms with van der Waals surface area (Å²) in [7, 11) is 0. The molecule has 1 amide bonds. The Kier molecular flexibility index (Phi) is 6.01. The number of anilines is 3. The van der Waals surface area contributed by atoms with Crippen molar-refractivity contribution in [3.63, 3.8) is 0 Å². The molecule has 1 aromatic carbocycles. The van der Waals surface area contributed by atoms with Crippen LogP contribution in [0.2, 0.25) is 0 Å². The molecule has 0 radical (unpaired) electrons. The van der Waals surface area contributed by atoms with Gasteiger partial charge in [-0.15, -0.1) is 0 Å². The van der Waals surface area contributed by atoms with Gasteiger partial charge in [0.15, 0.2) is 18.2 Å². The van der Waals surface area contributed by atoms with Crippen molar-refractivity contribution in [2.24, 2.45) is 0 Å². The highest BCUT2D eigenvalue weighted by molar-refractivity contribution is 6.11. The molecule has 0 fully saturated rings. The van der Waals surface area contributed by atoms with Crippen LogP contribution < -0.4 is 19.7 Å². The zero-order valence-electron chi connectivity index (χ0n) is 19.6. The molecule has 1 N–H and O–H groups in total. The van der Waals surface area contributed by atoms with E-state index in [2.05, 4.69) is 15.3 Å². The molecule has 3 aromatic heterocycles. The number of carbonyl (C=O) groups is 1. The predicted octanol–water partition coefficient (Wildman–Crippen LogP) is 4.43. The summed E-state index contributed by atoms with van der Waals surface area (Å²) < 4.78 is 6.82. The largest absolute Gasteiger partial charge is 0.619 e. The van der Waals surface area contributed by atoms with Crippen molar-refractivity contribution in [2.45, 2.75) is 20.3 Å². The molecule has 4 aromatic rings. The summed E-state index contributed by atoms with van der Waals surface area (Å²) in [5.74, 6) is 1.86. The summed E-state index contributed by atoms with van der Waals surface area (Å²) >= 11 is 0. The van der Waals surface area contributed by atoms with Crippen LogP contribution in [0.4, 0.5) is 17.3 Å². The maximum atomic E-state index is 12.9. The number of hydrogen-bond acceptors (Lipinski definition) is 6. The predicted molar refractivity (Wildman–Crippen MR) is 134 cm³/mol. The van der Waals surface area contributed by atoms with E-state index in [-0.39, 0.29) is 5.91 Å². The van der Waals surface area contributed by atoms with Gasteiger partial charge in [-0.25, -0.2) is 9.97 Å². The molecule has 0 unspecified atom stereocenters. The first-order valence-corrected chi connectivity index (χ1v) is 11.5. The van der Waals surface area contributed by atoms with Crippen LogP contribution in [0.15, 0.2) is 73.3 Å². The van der Waals surface area contributed by atoms with Gasteiger partial charge in [0.05, 0.1) is 17.9 Å². The van der Waals surface area contributed by atoms with Gasteiger partial charge in [0, 0.05) is 37.0 Å². The standard InChI is InChI=1S/C27H25N5O3/c1-3-32-25-22(27(33)30-23-7-4-11-28-26(23)32)15-19(16-29-25)10-13-35-24-9-8-20(14-18(24)2)21-6-5-12-31(34)17-21/h4-9,11-12,14-17H,3,10,13H2,1-2H3,(H,30,33). The minimum atomic E-state index is -0.202.